The van der Waals surface area contributed by atoms with Crippen LogP contribution in [0, 0.1) is 17.8 Å². The lowest BCUT2D eigenvalue weighted by atomic mass is 9.90. The summed E-state index contributed by atoms with van der Waals surface area (Å²) in [6.45, 7) is 6.22. The maximum Gasteiger partial charge on any atom is 0.305 e. The van der Waals surface area contributed by atoms with E-state index < -0.39 is 24.3 Å². The second-order valence-electron chi connectivity index (χ2n) is 12.9. The highest BCUT2D eigenvalue weighted by atomic mass is 16.6. The minimum absolute atomic E-state index is 0.0309. The molecule has 0 radical (unpaired) electrons. The highest BCUT2D eigenvalue weighted by Crippen LogP contribution is 2.33. The molecule has 0 aromatic rings. The maximum atomic E-state index is 12.4. The third-order valence-electron chi connectivity index (χ3n) is 8.24. The molecular formula is C36H62O8. The Labute approximate surface area is 266 Å². The molecule has 1 aliphatic carbocycles. The lowest BCUT2D eigenvalue weighted by Crippen LogP contribution is -2.25. The van der Waals surface area contributed by atoms with Crippen molar-refractivity contribution < 1.29 is 39.2 Å². The third kappa shape index (κ3) is 20.1. The Morgan fingerprint density at radius 3 is 2.07 bits per heavy atom. The fourth-order valence-corrected chi connectivity index (χ4v) is 5.49. The Bertz CT molecular complexity index is 836. The molecule has 254 valence electrons. The predicted molar refractivity (Wildman–Crippen MR) is 174 cm³/mol. The van der Waals surface area contributed by atoms with Gasteiger partial charge >= 0.3 is 11.9 Å². The number of carbonyl (C=O) groups is 3. The van der Waals surface area contributed by atoms with E-state index in [4.69, 9.17) is 9.47 Å². The smallest absolute Gasteiger partial charge is 0.305 e. The summed E-state index contributed by atoms with van der Waals surface area (Å²) in [7, 11) is 0. The average Bonchev–Trinajstić information content (AvgIpc) is 3.25. The normalized spacial score (nSPS) is 20.2. The van der Waals surface area contributed by atoms with E-state index in [1.807, 2.05) is 12.2 Å². The molecular weight excluding hydrogens is 560 g/mol. The zero-order valence-corrected chi connectivity index (χ0v) is 27.8. The highest BCUT2D eigenvalue weighted by Gasteiger charge is 2.39. The zero-order valence-electron chi connectivity index (χ0n) is 27.8. The minimum atomic E-state index is -1.05. The second kappa shape index (κ2) is 25.2. The maximum absolute atomic E-state index is 12.4. The quantitative estimate of drug-likeness (QED) is 0.0547. The number of rotatable bonds is 26. The number of carbonyl (C=O) groups excluding carboxylic acids is 3. The van der Waals surface area contributed by atoms with Crippen LogP contribution in [-0.2, 0) is 23.9 Å². The first-order valence-electron chi connectivity index (χ1n) is 17.3. The van der Waals surface area contributed by atoms with Gasteiger partial charge in [-0.15, -0.1) is 0 Å². The Hall–Kier alpha value is -2.03. The van der Waals surface area contributed by atoms with Gasteiger partial charge in [0.15, 0.2) is 0 Å². The molecule has 1 aliphatic rings. The zero-order chi connectivity index (χ0) is 32.6. The monoisotopic (exact) mass is 622 g/mol. The van der Waals surface area contributed by atoms with Gasteiger partial charge in [0.05, 0.1) is 12.2 Å². The molecule has 8 nitrogen and oxygen atoms in total. The topological polar surface area (TPSA) is 130 Å². The summed E-state index contributed by atoms with van der Waals surface area (Å²) >= 11 is 0. The first kappa shape index (κ1) is 40.0. The van der Waals surface area contributed by atoms with Crippen LogP contribution in [0.15, 0.2) is 24.3 Å². The number of Topliss-reactive ketones (excluding diaryl/α,β-unsaturated/α-hetero) is 1. The van der Waals surface area contributed by atoms with Crippen molar-refractivity contribution in [3.05, 3.63) is 24.3 Å². The van der Waals surface area contributed by atoms with E-state index in [2.05, 4.69) is 20.8 Å². The molecule has 0 aromatic heterocycles. The Morgan fingerprint density at radius 2 is 1.43 bits per heavy atom. The fraction of sp³-hybridized carbons (Fsp3) is 0.806. The number of ether oxygens (including phenoxy) is 2. The molecule has 0 unspecified atom stereocenters. The largest absolute Gasteiger partial charge is 0.463 e. The van der Waals surface area contributed by atoms with Crippen LogP contribution < -0.4 is 0 Å². The molecule has 0 spiro atoms. The lowest BCUT2D eigenvalue weighted by Gasteiger charge is -2.16. The van der Waals surface area contributed by atoms with Crippen molar-refractivity contribution in [2.24, 2.45) is 17.8 Å². The van der Waals surface area contributed by atoms with Crippen molar-refractivity contribution >= 4 is 17.7 Å². The van der Waals surface area contributed by atoms with Crippen LogP contribution in [0.2, 0.25) is 0 Å². The minimum Gasteiger partial charge on any atom is -0.463 e. The summed E-state index contributed by atoms with van der Waals surface area (Å²) in [5.41, 5.74) is 0. The number of ketones is 1. The van der Waals surface area contributed by atoms with Crippen LogP contribution in [-0.4, -0.2) is 64.6 Å². The highest BCUT2D eigenvalue weighted by molar-refractivity contribution is 5.84. The van der Waals surface area contributed by atoms with Gasteiger partial charge in [-0.2, -0.15) is 0 Å². The van der Waals surface area contributed by atoms with Gasteiger partial charge in [-0.1, -0.05) is 109 Å². The molecule has 3 N–H and O–H groups in total. The molecule has 0 aromatic carbocycles. The van der Waals surface area contributed by atoms with E-state index >= 15 is 0 Å². The van der Waals surface area contributed by atoms with E-state index in [9.17, 15) is 29.7 Å². The molecule has 44 heavy (non-hydrogen) atoms. The van der Waals surface area contributed by atoms with Crippen molar-refractivity contribution in [3.8, 4) is 0 Å². The third-order valence-corrected chi connectivity index (χ3v) is 8.24. The van der Waals surface area contributed by atoms with Crippen LogP contribution in [0.1, 0.15) is 136 Å². The van der Waals surface area contributed by atoms with Crippen molar-refractivity contribution in [3.63, 3.8) is 0 Å². The van der Waals surface area contributed by atoms with Crippen molar-refractivity contribution in [1.29, 1.82) is 0 Å². The molecule has 1 saturated carbocycles. The van der Waals surface area contributed by atoms with E-state index in [0.717, 1.165) is 44.4 Å². The van der Waals surface area contributed by atoms with Crippen LogP contribution in [0.4, 0.5) is 0 Å². The summed E-state index contributed by atoms with van der Waals surface area (Å²) in [6.07, 6.45) is 20.4. The van der Waals surface area contributed by atoms with Crippen molar-refractivity contribution in [2.45, 2.75) is 155 Å². The van der Waals surface area contributed by atoms with Gasteiger partial charge in [0.25, 0.3) is 0 Å². The van der Waals surface area contributed by atoms with Gasteiger partial charge in [-0.25, -0.2) is 0 Å². The molecule has 5 atom stereocenters. The van der Waals surface area contributed by atoms with Gasteiger partial charge in [0.2, 0.25) is 0 Å². The van der Waals surface area contributed by atoms with Gasteiger partial charge < -0.3 is 24.8 Å². The molecule has 0 bridgehead atoms. The summed E-state index contributed by atoms with van der Waals surface area (Å²) in [5, 5.41) is 30.5. The molecule has 1 rings (SSSR count). The Kier molecular flexibility index (Phi) is 22.9. The predicted octanol–water partition coefficient (Wildman–Crippen LogP) is 6.78. The number of aliphatic hydroxyl groups excluding tert-OH is 3. The summed E-state index contributed by atoms with van der Waals surface area (Å²) < 4.78 is 10.2. The number of allylic oxidation sites excluding steroid dienone is 2. The first-order valence-corrected chi connectivity index (χ1v) is 17.3. The Morgan fingerprint density at radius 1 is 0.841 bits per heavy atom. The average molecular weight is 623 g/mol. The summed E-state index contributed by atoms with van der Waals surface area (Å²) in [5.74, 6) is -0.569. The van der Waals surface area contributed by atoms with E-state index in [1.54, 1.807) is 12.2 Å². The summed E-state index contributed by atoms with van der Waals surface area (Å²) in [6, 6.07) is 0. The first-order chi connectivity index (χ1) is 21.1. The second-order valence-corrected chi connectivity index (χ2v) is 12.9. The van der Waals surface area contributed by atoms with Gasteiger partial charge in [-0.05, 0) is 38.0 Å². The molecule has 0 amide bonds. The molecule has 0 aliphatic heterocycles. The van der Waals surface area contributed by atoms with Gasteiger partial charge in [0, 0.05) is 31.1 Å². The van der Waals surface area contributed by atoms with Crippen LogP contribution in [0.25, 0.3) is 0 Å². The number of hydrogen-bond acceptors (Lipinski definition) is 8. The molecule has 8 heteroatoms. The fourth-order valence-electron chi connectivity index (χ4n) is 5.49. The number of esters is 2. The molecule has 0 heterocycles. The van der Waals surface area contributed by atoms with Crippen molar-refractivity contribution in [2.75, 3.05) is 13.2 Å². The van der Waals surface area contributed by atoms with E-state index in [1.165, 1.54) is 32.1 Å². The molecule has 0 saturated heterocycles. The number of hydrogen-bond donors (Lipinski definition) is 3. The van der Waals surface area contributed by atoms with Crippen LogP contribution >= 0.6 is 0 Å². The van der Waals surface area contributed by atoms with E-state index in [-0.39, 0.29) is 49.6 Å². The SMILES string of the molecule is CCCCC[C@H](O)/C=C/[C@H]1[C@H](O)CC(=O)[C@@H]1C/C=C\CCCC(=O)OC[C@H](O)COC(=O)CCCCCCCCCC(C)C. The standard InChI is InChI=1S/C36H62O8/c1-4-5-13-19-29(37)23-24-32-31(33(39)25-34(32)40)20-15-11-12-17-22-36(42)44-27-30(38)26-43-35(41)21-16-10-8-6-7-9-14-18-28(2)3/h11,15,23-24,28-32,34,37-38,40H,4-10,12-14,16-22,25-27H2,1-3H3/b15-11-,24-23+/t29-,30+,31+,32+,34+/m0/s1. The molecule has 1 fully saturated rings. The van der Waals surface area contributed by atoms with Gasteiger partial charge in [-0.3, -0.25) is 14.4 Å². The number of unbranched alkanes of at least 4 members (excludes halogenated alkanes) is 9. The Balaban J connectivity index is 2.13. The van der Waals surface area contributed by atoms with Crippen LogP contribution in [0.5, 0.6) is 0 Å². The van der Waals surface area contributed by atoms with Gasteiger partial charge in [0.1, 0.15) is 25.1 Å². The van der Waals surface area contributed by atoms with E-state index in [0.29, 0.717) is 32.1 Å². The number of aliphatic hydroxyl groups is 3. The summed E-state index contributed by atoms with van der Waals surface area (Å²) in [4.78, 5) is 36.3. The lowest BCUT2D eigenvalue weighted by molar-refractivity contribution is -0.152. The van der Waals surface area contributed by atoms with Crippen LogP contribution in [0.3, 0.4) is 0 Å². The van der Waals surface area contributed by atoms with Crippen molar-refractivity contribution in [1.82, 2.24) is 0 Å².